The molecular formula is C43H31Br3N2O2. The van der Waals surface area contributed by atoms with Gasteiger partial charge in [0.25, 0.3) is 0 Å². The molecule has 1 aromatic heterocycles. The van der Waals surface area contributed by atoms with Crippen LogP contribution in [0.3, 0.4) is 0 Å². The maximum absolute atomic E-state index is 6.48. The van der Waals surface area contributed by atoms with E-state index in [0.29, 0.717) is 6.04 Å². The molecule has 0 spiro atoms. The van der Waals surface area contributed by atoms with Crippen molar-refractivity contribution in [3.63, 3.8) is 0 Å². The second-order valence-electron chi connectivity index (χ2n) is 12.9. The lowest BCUT2D eigenvalue weighted by Gasteiger charge is -2.41. The van der Waals surface area contributed by atoms with E-state index in [2.05, 4.69) is 192 Å². The number of fused-ring (bicyclic) bond motifs is 10. The second-order valence-corrected chi connectivity index (χ2v) is 15.7. The van der Waals surface area contributed by atoms with E-state index in [0.717, 1.165) is 42.5 Å². The molecule has 0 bridgehead atoms. The summed E-state index contributed by atoms with van der Waals surface area (Å²) in [5.41, 5.74) is 10.9. The normalized spacial score (nSPS) is 18.0. The minimum absolute atomic E-state index is 0.115. The molecule has 0 unspecified atom stereocenters. The second kappa shape index (κ2) is 12.8. The summed E-state index contributed by atoms with van der Waals surface area (Å²) in [6, 6.07) is 49.2. The Hall–Kier alpha value is -4.30. The molecule has 0 amide bonds. The number of aromatic nitrogens is 1. The fourth-order valence-corrected chi connectivity index (χ4v) is 8.64. The number of anilines is 1. The number of hydrogen-bond acceptors (Lipinski definition) is 3. The molecule has 3 aliphatic rings. The summed E-state index contributed by atoms with van der Waals surface area (Å²) in [7, 11) is 0. The molecule has 0 saturated heterocycles. The molecule has 7 heteroatoms. The summed E-state index contributed by atoms with van der Waals surface area (Å²) >= 11 is 10.8. The molecule has 0 radical (unpaired) electrons. The zero-order valence-electron chi connectivity index (χ0n) is 27.1. The lowest BCUT2D eigenvalue weighted by molar-refractivity contribution is 0.167. The van der Waals surface area contributed by atoms with E-state index in [4.69, 9.17) is 9.47 Å². The van der Waals surface area contributed by atoms with E-state index in [1.54, 1.807) is 0 Å². The van der Waals surface area contributed by atoms with E-state index in [1.165, 1.54) is 44.5 Å². The highest BCUT2D eigenvalue weighted by Gasteiger charge is 2.42. The van der Waals surface area contributed by atoms with Gasteiger partial charge >= 0.3 is 0 Å². The van der Waals surface area contributed by atoms with Crippen LogP contribution in [0.15, 0.2) is 153 Å². The van der Waals surface area contributed by atoms with Crippen LogP contribution in [0.25, 0.3) is 22.2 Å². The molecule has 4 nitrogen and oxygen atoms in total. The average Bonchev–Trinajstić information content (AvgIpc) is 3.70. The van der Waals surface area contributed by atoms with Gasteiger partial charge in [-0.15, -0.1) is 0 Å². The molecule has 4 heterocycles. The van der Waals surface area contributed by atoms with E-state index in [1.807, 2.05) is 12.1 Å². The van der Waals surface area contributed by atoms with E-state index in [-0.39, 0.29) is 12.5 Å². The highest BCUT2D eigenvalue weighted by Crippen LogP contribution is 2.52. The third kappa shape index (κ3) is 5.56. The van der Waals surface area contributed by atoms with Gasteiger partial charge in [0, 0.05) is 46.7 Å². The Labute approximate surface area is 316 Å². The number of ether oxygens (including phenoxy) is 2. The zero-order valence-corrected chi connectivity index (χ0v) is 31.8. The van der Waals surface area contributed by atoms with Gasteiger partial charge in [0.05, 0.1) is 17.3 Å². The Bertz CT molecular complexity index is 2390. The molecule has 7 aromatic rings. The molecule has 0 saturated carbocycles. The number of benzene rings is 6. The van der Waals surface area contributed by atoms with Crippen molar-refractivity contribution in [2.75, 3.05) is 4.90 Å². The van der Waals surface area contributed by atoms with E-state index < -0.39 is 0 Å². The third-order valence-corrected chi connectivity index (χ3v) is 11.2. The van der Waals surface area contributed by atoms with Gasteiger partial charge in [0.2, 0.25) is 6.23 Å². The predicted molar refractivity (Wildman–Crippen MR) is 212 cm³/mol. The first-order chi connectivity index (χ1) is 24.4. The Morgan fingerprint density at radius 2 is 1.26 bits per heavy atom. The zero-order chi connectivity index (χ0) is 33.9. The van der Waals surface area contributed by atoms with Crippen LogP contribution >= 0.6 is 47.8 Å². The molecule has 6 aromatic carbocycles. The third-order valence-electron chi connectivity index (χ3n) is 9.75. The Balaban J connectivity index is 0.000000135. The summed E-state index contributed by atoms with van der Waals surface area (Å²) < 4.78 is 18.5. The van der Waals surface area contributed by atoms with E-state index in [9.17, 15) is 0 Å². The summed E-state index contributed by atoms with van der Waals surface area (Å²) in [5, 5.41) is 1.21. The van der Waals surface area contributed by atoms with E-state index >= 15 is 0 Å². The average molecular weight is 847 g/mol. The maximum Gasteiger partial charge on any atom is 0.203 e. The maximum atomic E-state index is 6.48. The van der Waals surface area contributed by atoms with Gasteiger partial charge in [0.1, 0.15) is 11.5 Å². The van der Waals surface area contributed by atoms with Crippen molar-refractivity contribution in [2.45, 2.75) is 31.8 Å². The van der Waals surface area contributed by atoms with Gasteiger partial charge in [-0.2, -0.15) is 0 Å². The van der Waals surface area contributed by atoms with Crippen LogP contribution in [-0.2, 0) is 6.42 Å². The van der Waals surface area contributed by atoms with Crippen LogP contribution in [0, 0.1) is 6.92 Å². The first kappa shape index (κ1) is 31.7. The summed E-state index contributed by atoms with van der Waals surface area (Å²) in [6.07, 6.45) is 0.718. The summed E-state index contributed by atoms with van der Waals surface area (Å²) in [5.74, 6) is 1.92. The Morgan fingerprint density at radius 1 is 0.600 bits per heavy atom. The van der Waals surface area contributed by atoms with Gasteiger partial charge in [-0.25, -0.2) is 0 Å². The number of hydrogen-bond donors (Lipinski definition) is 0. The summed E-state index contributed by atoms with van der Waals surface area (Å²) in [6.45, 7) is 2.10. The van der Waals surface area contributed by atoms with Gasteiger partial charge in [-0.3, -0.25) is 0 Å². The van der Waals surface area contributed by atoms with Crippen LogP contribution in [0.1, 0.15) is 46.3 Å². The van der Waals surface area contributed by atoms with Crippen molar-refractivity contribution in [1.82, 2.24) is 4.57 Å². The first-order valence-electron chi connectivity index (χ1n) is 16.6. The van der Waals surface area contributed by atoms with Crippen molar-refractivity contribution in [1.29, 1.82) is 0 Å². The summed E-state index contributed by atoms with van der Waals surface area (Å²) in [4.78, 5) is 2.42. The quantitative estimate of drug-likeness (QED) is 0.173. The van der Waals surface area contributed by atoms with Crippen molar-refractivity contribution >= 4 is 64.4 Å². The van der Waals surface area contributed by atoms with Gasteiger partial charge in [0.15, 0.2) is 6.23 Å². The predicted octanol–water partition coefficient (Wildman–Crippen LogP) is 12.7. The van der Waals surface area contributed by atoms with Crippen molar-refractivity contribution in [3.8, 4) is 22.8 Å². The lowest BCUT2D eigenvalue weighted by atomic mass is 9.99. The van der Waals surface area contributed by atoms with Crippen LogP contribution in [0.4, 0.5) is 5.69 Å². The SMILES string of the molecule is Brc1ccc2c(c1)C[C@@H]1c3ccc(Br)cc3O[C@@H](c3ccccc3)N21.Cc1ccc2c(c1)O[C@@H](c1ccccc1)n1c-2cc2cc(Br)ccc21. The van der Waals surface area contributed by atoms with Crippen molar-refractivity contribution in [3.05, 3.63) is 181 Å². The van der Waals surface area contributed by atoms with Crippen LogP contribution in [-0.4, -0.2) is 4.57 Å². The first-order valence-corrected chi connectivity index (χ1v) is 19.0. The molecule has 0 N–H and O–H groups in total. The molecule has 3 aliphatic heterocycles. The number of halogens is 3. The monoisotopic (exact) mass is 844 g/mol. The number of aryl methyl sites for hydroxylation is 1. The molecule has 50 heavy (non-hydrogen) atoms. The Morgan fingerprint density at radius 3 is 2.04 bits per heavy atom. The molecule has 0 aliphatic carbocycles. The van der Waals surface area contributed by atoms with Crippen molar-refractivity contribution in [2.24, 2.45) is 0 Å². The molecule has 0 fully saturated rings. The largest absolute Gasteiger partial charge is 0.466 e. The molecule has 10 rings (SSSR count). The van der Waals surface area contributed by atoms with Crippen molar-refractivity contribution < 1.29 is 9.47 Å². The van der Waals surface area contributed by atoms with Gasteiger partial charge < -0.3 is 18.9 Å². The standard InChI is InChI=1S/C22H16BrNO.C21H15Br2NO/c1-14-7-9-18-20-13-16-12-17(23)8-10-19(16)24(20)22(25-21(18)11-14)15-5-3-2-4-6-15;22-15-7-9-18-14(10-15)11-19-17-8-6-16(23)12-20(17)25-21(24(18)19)13-4-2-1-3-5-13/h2-13,22H,1H3;1-10,12,19,21H,11H2/t22-;19-,21+/m01/s1. The fraction of sp³-hybridized carbons (Fsp3) is 0.116. The highest BCUT2D eigenvalue weighted by molar-refractivity contribution is 9.11. The van der Waals surface area contributed by atoms with Crippen LogP contribution in [0.2, 0.25) is 0 Å². The minimum atomic E-state index is -0.163. The number of nitrogens with zero attached hydrogens (tertiary/aromatic N) is 2. The lowest BCUT2D eigenvalue weighted by Crippen LogP contribution is -2.37. The fourth-order valence-electron chi connectivity index (χ4n) is 7.52. The topological polar surface area (TPSA) is 26.6 Å². The Kier molecular flexibility index (Phi) is 8.10. The van der Waals surface area contributed by atoms with Gasteiger partial charge in [-0.1, -0.05) is 121 Å². The smallest absolute Gasteiger partial charge is 0.203 e. The molecule has 246 valence electrons. The molecule has 3 atom stereocenters. The van der Waals surface area contributed by atoms with Gasteiger partial charge in [-0.05, 0) is 91.2 Å². The highest BCUT2D eigenvalue weighted by atomic mass is 79.9. The minimum Gasteiger partial charge on any atom is -0.466 e. The number of rotatable bonds is 2. The van der Waals surface area contributed by atoms with Crippen LogP contribution in [0.5, 0.6) is 11.5 Å². The van der Waals surface area contributed by atoms with Crippen LogP contribution < -0.4 is 14.4 Å². The molecular weight excluding hydrogens is 816 g/mol.